The molecule has 0 unspecified atom stereocenters. The van der Waals surface area contributed by atoms with Crippen LogP contribution in [0.15, 0.2) is 0 Å². The van der Waals surface area contributed by atoms with E-state index in [1.54, 1.807) is 0 Å². The average molecular weight is 684 g/mol. The van der Waals surface area contributed by atoms with Gasteiger partial charge in [0.1, 0.15) is 67.1 Å². The Hall–Kier alpha value is -1.26. The molecule has 264 valence electrons. The number of hydrogen-bond donors (Lipinski definition) is 11. The number of ether oxygens (including phenoxy) is 6. The van der Waals surface area contributed by atoms with Crippen LogP contribution in [-0.4, -0.2) is 183 Å². The molecule has 45 heavy (non-hydrogen) atoms. The Morgan fingerprint density at radius 2 is 1.27 bits per heavy atom. The molecule has 3 saturated heterocycles. The number of rotatable bonds is 15. The van der Waals surface area contributed by atoms with Crippen molar-refractivity contribution in [3.8, 4) is 0 Å². The number of aliphatic carboxylic acids is 1. The van der Waals surface area contributed by atoms with Gasteiger partial charge in [-0.2, -0.15) is 8.42 Å². The Bertz CT molecular complexity index is 1040. The smallest absolute Gasteiger partial charge is 0.397 e. The van der Waals surface area contributed by atoms with Gasteiger partial charge in [0, 0.05) is 6.61 Å². The molecule has 3 heterocycles. The summed E-state index contributed by atoms with van der Waals surface area (Å²) in [4.78, 5) is 11.6. The zero-order valence-electron chi connectivity index (χ0n) is 23.7. The van der Waals surface area contributed by atoms with Crippen LogP contribution in [0.3, 0.4) is 0 Å². The molecule has 0 amide bonds. The highest BCUT2D eigenvalue weighted by Gasteiger charge is 2.55. The van der Waals surface area contributed by atoms with Crippen molar-refractivity contribution in [3.63, 3.8) is 0 Å². The van der Waals surface area contributed by atoms with Crippen molar-refractivity contribution in [1.82, 2.24) is 0 Å². The van der Waals surface area contributed by atoms with Gasteiger partial charge in [-0.05, 0) is 25.8 Å². The van der Waals surface area contributed by atoms with Crippen LogP contribution in [0.4, 0.5) is 0 Å². The van der Waals surface area contributed by atoms with Gasteiger partial charge in [0.15, 0.2) is 25.0 Å². The monoisotopic (exact) mass is 683 g/mol. The van der Waals surface area contributed by atoms with Gasteiger partial charge in [-0.15, -0.1) is 0 Å². The second-order valence-electron chi connectivity index (χ2n) is 10.6. The number of hydrogen-bond acceptors (Lipinski definition) is 19. The molecule has 0 radical (unpaired) electrons. The highest BCUT2D eigenvalue weighted by molar-refractivity contribution is 7.80. The number of carboxylic acids is 1. The first-order valence-electron chi connectivity index (χ1n) is 13.9. The van der Waals surface area contributed by atoms with Crippen LogP contribution in [-0.2, 0) is 47.8 Å². The zero-order valence-corrected chi connectivity index (χ0v) is 24.5. The SMILES string of the molecule is NCCCCCO[C@@H]1O[C@H](CO)[C@@H](O[C@@H]2O[C@H](CO)[C@H](O)[C@H](O[C@@H]3O[C@H](C(=O)O)[C@@H](O)[C@H](OS(=O)(=O)O)[C@H]3O)[C@H]2O)[C@H](O)[C@H]1O. The molecule has 3 aliphatic heterocycles. The van der Waals surface area contributed by atoms with Crippen LogP contribution in [0, 0.1) is 0 Å². The molecular weight excluding hydrogens is 642 g/mol. The minimum absolute atomic E-state index is 0.128. The minimum atomic E-state index is -5.37. The first-order chi connectivity index (χ1) is 21.1. The summed E-state index contributed by atoms with van der Waals surface area (Å²) in [6.07, 6.45) is -27.1. The summed E-state index contributed by atoms with van der Waals surface area (Å²) in [6.45, 7) is -1.12. The second kappa shape index (κ2) is 16.7. The van der Waals surface area contributed by atoms with Crippen molar-refractivity contribution in [3.05, 3.63) is 0 Å². The van der Waals surface area contributed by atoms with Gasteiger partial charge in [-0.1, -0.05) is 0 Å². The maximum Gasteiger partial charge on any atom is 0.397 e. The topological polar surface area (TPSA) is 344 Å². The predicted molar refractivity (Wildman–Crippen MR) is 139 cm³/mol. The summed E-state index contributed by atoms with van der Waals surface area (Å²) in [5, 5.41) is 92.9. The van der Waals surface area contributed by atoms with Gasteiger partial charge in [0.05, 0.1) is 13.2 Å². The lowest BCUT2D eigenvalue weighted by Crippen LogP contribution is -2.67. The first kappa shape index (κ1) is 38.2. The Morgan fingerprint density at radius 1 is 0.689 bits per heavy atom. The molecule has 0 aromatic rings. The van der Waals surface area contributed by atoms with Crippen molar-refractivity contribution in [2.75, 3.05) is 26.4 Å². The van der Waals surface area contributed by atoms with E-state index < -0.39 is 122 Å². The minimum Gasteiger partial charge on any atom is -0.479 e. The Morgan fingerprint density at radius 3 is 1.84 bits per heavy atom. The van der Waals surface area contributed by atoms with Gasteiger partial charge >= 0.3 is 16.4 Å². The fourth-order valence-electron chi connectivity index (χ4n) is 5.02. The summed E-state index contributed by atoms with van der Waals surface area (Å²) in [5.74, 6) is -1.88. The third-order valence-electron chi connectivity index (χ3n) is 7.37. The van der Waals surface area contributed by atoms with E-state index >= 15 is 0 Å². The molecule has 15 atom stereocenters. The molecule has 0 aromatic carbocycles. The summed E-state index contributed by atoms with van der Waals surface area (Å²) >= 11 is 0. The lowest BCUT2D eigenvalue weighted by molar-refractivity contribution is -0.378. The van der Waals surface area contributed by atoms with Crippen LogP contribution in [0.5, 0.6) is 0 Å². The van der Waals surface area contributed by atoms with E-state index in [-0.39, 0.29) is 6.61 Å². The average Bonchev–Trinajstić information content (AvgIpc) is 2.98. The van der Waals surface area contributed by atoms with Crippen LogP contribution in [0.1, 0.15) is 19.3 Å². The molecule has 0 saturated carbocycles. The Kier molecular flexibility index (Phi) is 14.2. The summed E-state index contributed by atoms with van der Waals surface area (Å²) < 4.78 is 68.1. The van der Waals surface area contributed by atoms with E-state index in [2.05, 4.69) is 4.18 Å². The van der Waals surface area contributed by atoms with E-state index in [4.69, 9.17) is 38.7 Å². The molecule has 12 N–H and O–H groups in total. The molecule has 3 aliphatic rings. The molecular formula is C23H41NO20S. The predicted octanol–water partition coefficient (Wildman–Crippen LogP) is -6.50. The maximum atomic E-state index is 11.6. The van der Waals surface area contributed by atoms with E-state index in [0.29, 0.717) is 13.0 Å². The highest BCUT2D eigenvalue weighted by Crippen LogP contribution is 2.33. The Balaban J connectivity index is 1.77. The summed E-state index contributed by atoms with van der Waals surface area (Å²) in [5.41, 5.74) is 5.44. The summed E-state index contributed by atoms with van der Waals surface area (Å²) in [6, 6.07) is 0. The van der Waals surface area contributed by atoms with Crippen LogP contribution in [0.2, 0.25) is 0 Å². The zero-order chi connectivity index (χ0) is 33.6. The molecule has 3 rings (SSSR count). The van der Waals surface area contributed by atoms with Gasteiger partial charge in [0.2, 0.25) is 0 Å². The number of carbonyl (C=O) groups is 1. The van der Waals surface area contributed by atoms with Crippen LogP contribution >= 0.6 is 0 Å². The van der Waals surface area contributed by atoms with Crippen LogP contribution < -0.4 is 5.73 Å². The number of nitrogens with two attached hydrogens (primary N) is 1. The van der Waals surface area contributed by atoms with Crippen molar-refractivity contribution < 1.29 is 96.3 Å². The number of aliphatic hydroxyl groups is 8. The lowest BCUT2D eigenvalue weighted by Gasteiger charge is -2.48. The van der Waals surface area contributed by atoms with Crippen LogP contribution in [0.25, 0.3) is 0 Å². The molecule has 0 aromatic heterocycles. The van der Waals surface area contributed by atoms with Crippen molar-refractivity contribution >= 4 is 16.4 Å². The standard InChI is InChI=1S/C23H41NO20S/c24-4-2-1-3-5-38-21-12(29)11(28)16(9(7-26)40-21)41-22-14(31)17(10(27)8(6-25)39-22)42-23-15(32)18(44-45(35,36)37)13(30)19(43-23)20(33)34/h8-19,21-23,25-32H,1-7,24H2,(H,33,34)(H,35,36,37)/t8-,9-,10+,11-,12-,13+,14-,15-,16-,17+,18+,19+,21-,22+,23-/m1/s1. The molecule has 0 bridgehead atoms. The number of carboxylic acid groups (broad SMARTS) is 1. The van der Waals surface area contributed by atoms with Gasteiger partial charge < -0.3 is 80.1 Å². The van der Waals surface area contributed by atoms with Gasteiger partial charge in [-0.25, -0.2) is 8.98 Å². The first-order valence-corrected chi connectivity index (χ1v) is 15.3. The maximum absolute atomic E-state index is 11.6. The largest absolute Gasteiger partial charge is 0.479 e. The number of aliphatic hydroxyl groups excluding tert-OH is 8. The highest BCUT2D eigenvalue weighted by atomic mass is 32.3. The number of unbranched alkanes of at least 4 members (excludes halogenated alkanes) is 2. The fourth-order valence-corrected chi connectivity index (χ4v) is 5.53. The van der Waals surface area contributed by atoms with E-state index in [1.807, 2.05) is 0 Å². The van der Waals surface area contributed by atoms with Crippen molar-refractivity contribution in [2.45, 2.75) is 111 Å². The van der Waals surface area contributed by atoms with Gasteiger partial charge in [-0.3, -0.25) is 4.55 Å². The molecule has 3 fully saturated rings. The van der Waals surface area contributed by atoms with Crippen molar-refractivity contribution in [1.29, 1.82) is 0 Å². The second-order valence-corrected chi connectivity index (χ2v) is 11.6. The van der Waals surface area contributed by atoms with E-state index in [9.17, 15) is 59.2 Å². The Labute approximate surface area is 256 Å². The fraction of sp³-hybridized carbons (Fsp3) is 0.957. The van der Waals surface area contributed by atoms with Crippen molar-refractivity contribution in [2.24, 2.45) is 5.73 Å². The third kappa shape index (κ3) is 9.43. The van der Waals surface area contributed by atoms with E-state index in [0.717, 1.165) is 12.8 Å². The molecule has 21 nitrogen and oxygen atoms in total. The van der Waals surface area contributed by atoms with E-state index in [1.165, 1.54) is 0 Å². The molecule has 0 spiro atoms. The normalized spacial score (nSPS) is 42.8. The third-order valence-corrected chi connectivity index (χ3v) is 7.84. The van der Waals surface area contributed by atoms with Gasteiger partial charge in [0.25, 0.3) is 0 Å². The quantitative estimate of drug-likeness (QED) is 0.0564. The molecule has 22 heteroatoms. The summed E-state index contributed by atoms with van der Waals surface area (Å²) in [7, 11) is -5.37. The molecule has 0 aliphatic carbocycles. The lowest BCUT2D eigenvalue weighted by atomic mass is 9.96.